The summed E-state index contributed by atoms with van der Waals surface area (Å²) in [5.41, 5.74) is 2.69. The molecule has 0 amide bonds. The van der Waals surface area contributed by atoms with Gasteiger partial charge in [0, 0.05) is 12.3 Å². The van der Waals surface area contributed by atoms with Gasteiger partial charge < -0.3 is 9.47 Å². The van der Waals surface area contributed by atoms with Crippen LogP contribution in [0.15, 0.2) is 102 Å². The largest absolute Gasteiger partial charge is 0.497 e. The summed E-state index contributed by atoms with van der Waals surface area (Å²) in [5.74, 6) is 0.810. The van der Waals surface area contributed by atoms with E-state index in [1.807, 2.05) is 54.6 Å². The molecular formula is C27H21NO3. The monoisotopic (exact) mass is 407 g/mol. The minimum absolute atomic E-state index is 0.437. The molecule has 4 rings (SSSR count). The molecule has 0 unspecified atom stereocenters. The molecule has 4 heteroatoms. The van der Waals surface area contributed by atoms with E-state index in [1.54, 1.807) is 31.5 Å². The molecule has 4 aromatic rings. The third-order valence-electron chi connectivity index (χ3n) is 4.72. The van der Waals surface area contributed by atoms with E-state index in [-0.39, 0.29) is 0 Å². The van der Waals surface area contributed by atoms with Gasteiger partial charge in [0.1, 0.15) is 11.5 Å². The Morgan fingerprint density at radius 2 is 1.45 bits per heavy atom. The highest BCUT2D eigenvalue weighted by Crippen LogP contribution is 2.21. The van der Waals surface area contributed by atoms with E-state index in [9.17, 15) is 4.79 Å². The molecule has 0 spiro atoms. The molecule has 0 radical (unpaired) electrons. The van der Waals surface area contributed by atoms with Crippen LogP contribution in [-0.2, 0) is 4.79 Å². The van der Waals surface area contributed by atoms with E-state index in [2.05, 4.69) is 29.3 Å². The first-order chi connectivity index (χ1) is 15.2. The van der Waals surface area contributed by atoms with Gasteiger partial charge in [-0.15, -0.1) is 0 Å². The number of hydrogen-bond acceptors (Lipinski definition) is 4. The van der Waals surface area contributed by atoms with Crippen LogP contribution in [0.25, 0.3) is 16.8 Å². The summed E-state index contributed by atoms with van der Waals surface area (Å²) >= 11 is 0. The van der Waals surface area contributed by atoms with Crippen molar-refractivity contribution >= 4 is 34.7 Å². The molecule has 0 heterocycles. The predicted molar refractivity (Wildman–Crippen MR) is 125 cm³/mol. The molecule has 31 heavy (non-hydrogen) atoms. The lowest BCUT2D eigenvalue weighted by Gasteiger charge is -2.02. The number of nitrogens with zero attached hydrogens (tertiary/aromatic N) is 1. The molecule has 0 aromatic heterocycles. The molecule has 0 aliphatic heterocycles. The van der Waals surface area contributed by atoms with Crippen molar-refractivity contribution < 1.29 is 14.3 Å². The van der Waals surface area contributed by atoms with Crippen molar-refractivity contribution in [2.75, 3.05) is 7.11 Å². The third kappa shape index (κ3) is 5.46. The third-order valence-corrected chi connectivity index (χ3v) is 4.72. The highest BCUT2D eigenvalue weighted by Gasteiger charge is 2.01. The van der Waals surface area contributed by atoms with Crippen molar-refractivity contribution in [1.29, 1.82) is 0 Å². The number of ether oxygens (including phenoxy) is 2. The highest BCUT2D eigenvalue weighted by atomic mass is 16.5. The molecule has 152 valence electrons. The second kappa shape index (κ2) is 9.55. The summed E-state index contributed by atoms with van der Waals surface area (Å²) in [7, 11) is 1.61. The fraction of sp³-hybridized carbons (Fsp3) is 0.0370. The summed E-state index contributed by atoms with van der Waals surface area (Å²) in [6.07, 6.45) is 4.89. The molecule has 0 aliphatic rings. The Hall–Kier alpha value is -4.18. The number of rotatable bonds is 6. The smallest absolute Gasteiger partial charge is 0.336 e. The van der Waals surface area contributed by atoms with E-state index in [4.69, 9.17) is 9.47 Å². The fourth-order valence-corrected chi connectivity index (χ4v) is 3.06. The lowest BCUT2D eigenvalue weighted by Crippen LogP contribution is -2.03. The second-order valence-corrected chi connectivity index (χ2v) is 6.89. The summed E-state index contributed by atoms with van der Waals surface area (Å²) in [4.78, 5) is 16.6. The Labute approximate surface area is 181 Å². The topological polar surface area (TPSA) is 47.9 Å². The average molecular weight is 407 g/mol. The average Bonchev–Trinajstić information content (AvgIpc) is 2.82. The second-order valence-electron chi connectivity index (χ2n) is 6.89. The van der Waals surface area contributed by atoms with Crippen LogP contribution in [0, 0.1) is 0 Å². The number of esters is 1. The van der Waals surface area contributed by atoms with Gasteiger partial charge in [0.15, 0.2) is 0 Å². The number of carbonyl (C=O) groups is 1. The quantitative estimate of drug-likeness (QED) is 0.165. The van der Waals surface area contributed by atoms with Crippen LogP contribution in [0.5, 0.6) is 11.5 Å². The Kier molecular flexibility index (Phi) is 6.19. The number of carbonyl (C=O) groups excluding carboxylic acids is 1. The first-order valence-corrected chi connectivity index (χ1v) is 9.86. The molecule has 4 aromatic carbocycles. The number of fused-ring (bicyclic) bond motifs is 1. The standard InChI is InChI=1S/C27H21NO3/c1-30-25-13-6-20(7-14-25)10-17-27(29)31-26-15-8-21(9-16-26)19-28-24-12-11-22-4-2-3-5-23(22)18-24/h2-19H,1H3/b17-10+,28-19?. The molecule has 0 aliphatic carbocycles. The Balaban J connectivity index is 1.36. The van der Waals surface area contributed by atoms with Crippen molar-refractivity contribution in [3.8, 4) is 11.5 Å². The predicted octanol–water partition coefficient (Wildman–Crippen LogP) is 6.22. The first-order valence-electron chi connectivity index (χ1n) is 9.86. The Morgan fingerprint density at radius 1 is 0.774 bits per heavy atom. The van der Waals surface area contributed by atoms with Crippen LogP contribution >= 0.6 is 0 Å². The van der Waals surface area contributed by atoms with Crippen molar-refractivity contribution in [3.63, 3.8) is 0 Å². The van der Waals surface area contributed by atoms with Gasteiger partial charge in [-0.2, -0.15) is 0 Å². The minimum Gasteiger partial charge on any atom is -0.497 e. The van der Waals surface area contributed by atoms with Crippen molar-refractivity contribution in [2.45, 2.75) is 0 Å². The highest BCUT2D eigenvalue weighted by molar-refractivity contribution is 5.89. The molecule has 0 fully saturated rings. The van der Waals surface area contributed by atoms with Crippen LogP contribution in [0.4, 0.5) is 5.69 Å². The first kappa shape index (κ1) is 20.1. The maximum atomic E-state index is 12.1. The van der Waals surface area contributed by atoms with E-state index in [0.29, 0.717) is 5.75 Å². The van der Waals surface area contributed by atoms with E-state index < -0.39 is 5.97 Å². The van der Waals surface area contributed by atoms with Gasteiger partial charge in [-0.1, -0.05) is 42.5 Å². The molecule has 0 bridgehead atoms. The van der Waals surface area contributed by atoms with Crippen LogP contribution in [0.1, 0.15) is 11.1 Å². The summed E-state index contributed by atoms with van der Waals surface area (Å²) in [6, 6.07) is 28.9. The van der Waals surface area contributed by atoms with Crippen LogP contribution in [0.2, 0.25) is 0 Å². The van der Waals surface area contributed by atoms with Crippen LogP contribution in [-0.4, -0.2) is 19.3 Å². The molecule has 4 nitrogen and oxygen atoms in total. The maximum absolute atomic E-state index is 12.1. The fourth-order valence-electron chi connectivity index (χ4n) is 3.06. The normalized spacial score (nSPS) is 11.3. The number of methoxy groups -OCH3 is 1. The van der Waals surface area contributed by atoms with Crippen LogP contribution in [0.3, 0.4) is 0 Å². The molecule has 0 N–H and O–H groups in total. The van der Waals surface area contributed by atoms with E-state index in [0.717, 1.165) is 28.0 Å². The molecular weight excluding hydrogens is 386 g/mol. The lowest BCUT2D eigenvalue weighted by atomic mass is 10.1. The van der Waals surface area contributed by atoms with Gasteiger partial charge in [-0.05, 0) is 76.5 Å². The Bertz CT molecular complexity index is 1240. The van der Waals surface area contributed by atoms with Gasteiger partial charge in [0.05, 0.1) is 12.8 Å². The zero-order chi connectivity index (χ0) is 21.5. The van der Waals surface area contributed by atoms with Gasteiger partial charge in [-0.3, -0.25) is 4.99 Å². The molecule has 0 saturated heterocycles. The summed E-state index contributed by atoms with van der Waals surface area (Å²) < 4.78 is 10.5. The van der Waals surface area contributed by atoms with Crippen LogP contribution < -0.4 is 9.47 Å². The Morgan fingerprint density at radius 3 is 2.19 bits per heavy atom. The maximum Gasteiger partial charge on any atom is 0.336 e. The summed E-state index contributed by atoms with van der Waals surface area (Å²) in [6.45, 7) is 0. The van der Waals surface area contributed by atoms with Crippen molar-refractivity contribution in [1.82, 2.24) is 0 Å². The molecule has 0 saturated carbocycles. The molecule has 0 atom stereocenters. The SMILES string of the molecule is COc1ccc(/C=C/C(=O)Oc2ccc(C=Nc3ccc4ccccc4c3)cc2)cc1. The van der Waals surface area contributed by atoms with Gasteiger partial charge in [0.2, 0.25) is 0 Å². The minimum atomic E-state index is -0.437. The zero-order valence-electron chi connectivity index (χ0n) is 17.1. The van der Waals surface area contributed by atoms with Crippen molar-refractivity contribution in [2.24, 2.45) is 4.99 Å². The van der Waals surface area contributed by atoms with E-state index in [1.165, 1.54) is 11.5 Å². The van der Waals surface area contributed by atoms with Gasteiger partial charge in [-0.25, -0.2) is 4.79 Å². The number of hydrogen-bond donors (Lipinski definition) is 0. The number of aliphatic imine (C=N–C) groups is 1. The number of benzene rings is 4. The van der Waals surface area contributed by atoms with E-state index >= 15 is 0 Å². The zero-order valence-corrected chi connectivity index (χ0v) is 17.1. The summed E-state index contributed by atoms with van der Waals surface area (Å²) in [5, 5.41) is 2.34. The van der Waals surface area contributed by atoms with Gasteiger partial charge in [0.25, 0.3) is 0 Å². The van der Waals surface area contributed by atoms with Crippen molar-refractivity contribution in [3.05, 3.63) is 108 Å². The van der Waals surface area contributed by atoms with Gasteiger partial charge >= 0.3 is 5.97 Å². The lowest BCUT2D eigenvalue weighted by molar-refractivity contribution is -0.128.